The van der Waals surface area contributed by atoms with E-state index in [-0.39, 0.29) is 23.4 Å². The summed E-state index contributed by atoms with van der Waals surface area (Å²) in [7, 11) is 0. The molecule has 2 aliphatic heterocycles. The van der Waals surface area contributed by atoms with Crippen LogP contribution in [0, 0.1) is 5.92 Å². The van der Waals surface area contributed by atoms with Crippen LogP contribution >= 0.6 is 0 Å². The molecular weight excluding hydrogens is 288 g/mol. The van der Waals surface area contributed by atoms with Crippen LogP contribution in [-0.2, 0) is 22.4 Å². The van der Waals surface area contributed by atoms with Crippen LogP contribution in [0.25, 0.3) is 0 Å². The molecular formula is C19H24N2O2. The van der Waals surface area contributed by atoms with Gasteiger partial charge in [0.1, 0.15) is 6.04 Å². The van der Waals surface area contributed by atoms with E-state index >= 15 is 0 Å². The molecule has 1 saturated carbocycles. The Labute approximate surface area is 137 Å². The topological polar surface area (TPSA) is 49.4 Å². The molecule has 4 rings (SSSR count). The number of nitrogens with one attached hydrogen (secondary N) is 1. The first-order valence-corrected chi connectivity index (χ1v) is 8.73. The number of amides is 2. The quantitative estimate of drug-likeness (QED) is 0.873. The molecule has 3 aliphatic rings. The van der Waals surface area contributed by atoms with E-state index in [2.05, 4.69) is 42.3 Å². The first-order chi connectivity index (χ1) is 11.0. The van der Waals surface area contributed by atoms with Gasteiger partial charge in [0.05, 0.1) is 0 Å². The summed E-state index contributed by atoms with van der Waals surface area (Å²) in [6.07, 6.45) is 5.53. The van der Waals surface area contributed by atoms with E-state index in [1.165, 1.54) is 16.8 Å². The highest BCUT2D eigenvalue weighted by molar-refractivity contribution is 6.02. The van der Waals surface area contributed by atoms with Gasteiger partial charge >= 0.3 is 0 Å². The van der Waals surface area contributed by atoms with Gasteiger partial charge in [-0.3, -0.25) is 14.9 Å². The Bertz CT molecular complexity index is 676. The van der Waals surface area contributed by atoms with Gasteiger partial charge in [0.2, 0.25) is 11.8 Å². The number of piperidine rings is 1. The molecule has 0 bridgehead atoms. The largest absolute Gasteiger partial charge is 0.353 e. The van der Waals surface area contributed by atoms with Crippen LogP contribution in [0.4, 0.5) is 5.69 Å². The highest BCUT2D eigenvalue weighted by Gasteiger charge is 2.56. The summed E-state index contributed by atoms with van der Waals surface area (Å²) in [5.41, 5.74) is 4.12. The van der Waals surface area contributed by atoms with Crippen LogP contribution in [0.15, 0.2) is 18.2 Å². The summed E-state index contributed by atoms with van der Waals surface area (Å²) in [5.74, 6) is 0.394. The van der Waals surface area contributed by atoms with Gasteiger partial charge in [-0.1, -0.05) is 26.0 Å². The smallest absolute Gasteiger partial charge is 0.249 e. The number of hydrogen-bond acceptors (Lipinski definition) is 3. The number of carbonyl (C=O) groups is 2. The minimum absolute atomic E-state index is 0.119. The normalized spacial score (nSPS) is 25.0. The average Bonchev–Trinajstić information content (AvgIpc) is 3.15. The maximum Gasteiger partial charge on any atom is 0.249 e. The molecule has 0 aromatic heterocycles. The summed E-state index contributed by atoms with van der Waals surface area (Å²) in [6.45, 7) is 4.48. The fourth-order valence-corrected chi connectivity index (χ4v) is 4.30. The molecule has 1 aromatic rings. The molecule has 2 amide bonds. The van der Waals surface area contributed by atoms with Crippen molar-refractivity contribution in [1.82, 2.24) is 5.32 Å². The van der Waals surface area contributed by atoms with Crippen LogP contribution in [0.2, 0.25) is 0 Å². The van der Waals surface area contributed by atoms with Gasteiger partial charge < -0.3 is 4.90 Å². The molecule has 1 unspecified atom stereocenters. The van der Waals surface area contributed by atoms with Crippen molar-refractivity contribution < 1.29 is 9.59 Å². The third-order valence-electron chi connectivity index (χ3n) is 5.43. The van der Waals surface area contributed by atoms with Crippen molar-refractivity contribution >= 4 is 17.5 Å². The fraction of sp³-hybridized carbons (Fsp3) is 0.579. The van der Waals surface area contributed by atoms with Gasteiger partial charge in [0.15, 0.2) is 0 Å². The number of carbonyl (C=O) groups excluding carboxylic acids is 2. The zero-order chi connectivity index (χ0) is 16.2. The van der Waals surface area contributed by atoms with Crippen molar-refractivity contribution in [3.63, 3.8) is 0 Å². The van der Waals surface area contributed by atoms with Crippen LogP contribution < -0.4 is 10.2 Å². The van der Waals surface area contributed by atoms with Crippen molar-refractivity contribution in [3.8, 4) is 0 Å². The maximum atomic E-state index is 12.4. The van der Waals surface area contributed by atoms with E-state index in [1.54, 1.807) is 0 Å². The average molecular weight is 312 g/mol. The Balaban J connectivity index is 1.66. The lowest BCUT2D eigenvalue weighted by Crippen LogP contribution is -2.55. The third kappa shape index (κ3) is 2.44. The number of hydrogen-bond donors (Lipinski definition) is 1. The van der Waals surface area contributed by atoms with Crippen LogP contribution in [0.3, 0.4) is 0 Å². The van der Waals surface area contributed by atoms with E-state index in [9.17, 15) is 9.59 Å². The molecule has 122 valence electrons. The Kier molecular flexibility index (Phi) is 3.26. The molecule has 0 radical (unpaired) electrons. The molecule has 2 fully saturated rings. The van der Waals surface area contributed by atoms with Gasteiger partial charge in [-0.2, -0.15) is 0 Å². The maximum absolute atomic E-state index is 12.4. The molecule has 2 heterocycles. The van der Waals surface area contributed by atoms with Crippen molar-refractivity contribution in [2.24, 2.45) is 5.92 Å². The lowest BCUT2D eigenvalue weighted by atomic mass is 9.99. The Hall–Kier alpha value is -1.84. The molecule has 1 saturated heterocycles. The second-order valence-electron chi connectivity index (χ2n) is 7.80. The van der Waals surface area contributed by atoms with E-state index < -0.39 is 0 Å². The monoisotopic (exact) mass is 312 g/mol. The summed E-state index contributed by atoms with van der Waals surface area (Å²) in [4.78, 5) is 26.1. The molecule has 1 spiro atoms. The van der Waals surface area contributed by atoms with E-state index in [0.29, 0.717) is 18.8 Å². The molecule has 4 heteroatoms. The van der Waals surface area contributed by atoms with Gasteiger partial charge in [0.25, 0.3) is 0 Å². The summed E-state index contributed by atoms with van der Waals surface area (Å²) in [6, 6.07) is 6.55. The van der Waals surface area contributed by atoms with Crippen molar-refractivity contribution in [3.05, 3.63) is 29.3 Å². The van der Waals surface area contributed by atoms with Crippen molar-refractivity contribution in [2.75, 3.05) is 4.90 Å². The molecule has 4 nitrogen and oxygen atoms in total. The lowest BCUT2D eigenvalue weighted by molar-refractivity contribution is -0.134. The summed E-state index contributed by atoms with van der Waals surface area (Å²) in [5, 5.41) is 2.52. The van der Waals surface area contributed by atoms with E-state index in [0.717, 1.165) is 25.7 Å². The number of benzene rings is 1. The highest BCUT2D eigenvalue weighted by Crippen LogP contribution is 2.54. The third-order valence-corrected chi connectivity index (χ3v) is 5.43. The second-order valence-corrected chi connectivity index (χ2v) is 7.80. The van der Waals surface area contributed by atoms with E-state index in [1.807, 2.05) is 0 Å². The van der Waals surface area contributed by atoms with E-state index in [4.69, 9.17) is 0 Å². The Morgan fingerprint density at radius 2 is 2.09 bits per heavy atom. The number of rotatable bonds is 3. The number of fused-ring (bicyclic) bond motifs is 1. The first-order valence-electron chi connectivity index (χ1n) is 8.73. The predicted octanol–water partition coefficient (Wildman–Crippen LogP) is 2.59. The molecule has 1 atom stereocenters. The predicted molar refractivity (Wildman–Crippen MR) is 89.3 cm³/mol. The standard InChI is InChI=1S/C19H24N2O2/c1-12(2)9-13-3-4-15-14(10-13)11-19(7-8-19)21(15)16-5-6-17(22)20-18(16)23/h3-4,10,12,16H,5-9,11H2,1-2H3,(H,20,22,23). The van der Waals surface area contributed by atoms with Gasteiger partial charge in [-0.15, -0.1) is 0 Å². The molecule has 1 N–H and O–H groups in total. The number of nitrogens with zero attached hydrogens (tertiary/aromatic N) is 1. The van der Waals surface area contributed by atoms with Crippen molar-refractivity contribution in [1.29, 1.82) is 0 Å². The van der Waals surface area contributed by atoms with Gasteiger partial charge in [0, 0.05) is 17.6 Å². The van der Waals surface area contributed by atoms with Gasteiger partial charge in [-0.25, -0.2) is 0 Å². The molecule has 23 heavy (non-hydrogen) atoms. The number of anilines is 1. The Morgan fingerprint density at radius 3 is 2.74 bits per heavy atom. The SMILES string of the molecule is CC(C)Cc1ccc2c(c1)CC1(CC1)N2C1CCC(=O)NC1=O. The molecule has 1 aliphatic carbocycles. The first kappa shape index (κ1) is 14.7. The zero-order valence-electron chi connectivity index (χ0n) is 13.9. The summed E-state index contributed by atoms with van der Waals surface area (Å²) < 4.78 is 0. The highest BCUT2D eigenvalue weighted by atomic mass is 16.2. The van der Waals surface area contributed by atoms with Crippen LogP contribution in [0.1, 0.15) is 50.7 Å². The van der Waals surface area contributed by atoms with Crippen LogP contribution in [0.5, 0.6) is 0 Å². The number of imide groups is 1. The minimum Gasteiger partial charge on any atom is -0.353 e. The fourth-order valence-electron chi connectivity index (χ4n) is 4.30. The summed E-state index contributed by atoms with van der Waals surface area (Å²) >= 11 is 0. The molecule has 1 aromatic carbocycles. The Morgan fingerprint density at radius 1 is 1.30 bits per heavy atom. The van der Waals surface area contributed by atoms with Crippen LogP contribution in [-0.4, -0.2) is 23.4 Å². The zero-order valence-corrected chi connectivity index (χ0v) is 13.9. The minimum atomic E-state index is -0.188. The lowest BCUT2D eigenvalue weighted by Gasteiger charge is -2.36. The second kappa shape index (κ2) is 5.08. The van der Waals surface area contributed by atoms with Gasteiger partial charge in [-0.05, 0) is 55.2 Å². The van der Waals surface area contributed by atoms with Crippen molar-refractivity contribution in [2.45, 2.75) is 64.0 Å².